The molecule has 170 valence electrons. The molecule has 11 heteroatoms. The van der Waals surface area contributed by atoms with Gasteiger partial charge >= 0.3 is 12.1 Å². The van der Waals surface area contributed by atoms with Crippen LogP contribution in [0.3, 0.4) is 0 Å². The Bertz CT molecular complexity index is 1170. The lowest BCUT2D eigenvalue weighted by Gasteiger charge is -2.40. The van der Waals surface area contributed by atoms with Gasteiger partial charge in [-0.3, -0.25) is 10.00 Å². The van der Waals surface area contributed by atoms with Crippen LogP contribution in [-0.2, 0) is 17.5 Å². The maximum atomic E-state index is 12.8. The lowest BCUT2D eigenvalue weighted by Crippen LogP contribution is -2.56. The molecule has 1 atom stereocenters. The summed E-state index contributed by atoms with van der Waals surface area (Å²) in [6, 6.07) is 10.2. The number of nitriles is 1. The fourth-order valence-corrected chi connectivity index (χ4v) is 3.82. The van der Waals surface area contributed by atoms with Crippen molar-refractivity contribution in [3.05, 3.63) is 65.5 Å². The van der Waals surface area contributed by atoms with Gasteiger partial charge in [0.25, 0.3) is 0 Å². The normalized spacial score (nSPS) is 17.0. The number of carboxylic acid groups (broad SMARTS) is 1. The van der Waals surface area contributed by atoms with Gasteiger partial charge in [0.2, 0.25) is 0 Å². The van der Waals surface area contributed by atoms with Gasteiger partial charge < -0.3 is 10.0 Å². The van der Waals surface area contributed by atoms with E-state index in [1.54, 1.807) is 30.5 Å². The Morgan fingerprint density at radius 1 is 1.21 bits per heavy atom. The van der Waals surface area contributed by atoms with Crippen molar-refractivity contribution in [1.29, 1.82) is 5.26 Å². The molecule has 1 saturated heterocycles. The highest BCUT2D eigenvalue weighted by atomic mass is 19.4. The number of rotatable bonds is 5. The highest BCUT2D eigenvalue weighted by molar-refractivity contribution is 5.78. The standard InChI is InChI=1S/C22H19F3N6O2/c23-22(24,25)17-5-6-19(27-11-17)31-8-7-30(13-18(31)21(32)33)12-16-10-28-29-20(16)15-3-1-14(9-26)2-4-15/h1-6,10-11,18H,7-8,12-13H2,(H,28,29)(H,32,33). The summed E-state index contributed by atoms with van der Waals surface area (Å²) in [7, 11) is 0. The first-order valence-corrected chi connectivity index (χ1v) is 10.0. The van der Waals surface area contributed by atoms with Crippen molar-refractivity contribution in [2.75, 3.05) is 24.5 Å². The van der Waals surface area contributed by atoms with E-state index in [-0.39, 0.29) is 12.4 Å². The molecule has 0 aliphatic carbocycles. The van der Waals surface area contributed by atoms with E-state index in [0.29, 0.717) is 30.9 Å². The number of hydrogen-bond acceptors (Lipinski definition) is 6. The number of nitrogens with zero attached hydrogens (tertiary/aromatic N) is 5. The van der Waals surface area contributed by atoms with Crippen molar-refractivity contribution >= 4 is 11.8 Å². The molecule has 1 unspecified atom stereocenters. The van der Waals surface area contributed by atoms with Crippen LogP contribution < -0.4 is 4.90 Å². The highest BCUT2D eigenvalue weighted by Gasteiger charge is 2.35. The van der Waals surface area contributed by atoms with E-state index >= 15 is 0 Å². The Morgan fingerprint density at radius 3 is 2.58 bits per heavy atom. The molecule has 8 nitrogen and oxygen atoms in total. The quantitative estimate of drug-likeness (QED) is 0.607. The maximum Gasteiger partial charge on any atom is 0.417 e. The Kier molecular flexibility index (Phi) is 6.02. The molecule has 33 heavy (non-hydrogen) atoms. The van der Waals surface area contributed by atoms with Gasteiger partial charge in [-0.25, -0.2) is 9.78 Å². The first-order chi connectivity index (χ1) is 15.8. The average molecular weight is 456 g/mol. The molecule has 3 heterocycles. The second-order valence-electron chi connectivity index (χ2n) is 7.63. The number of carboxylic acids is 1. The Labute approximate surface area is 186 Å². The third-order valence-corrected chi connectivity index (χ3v) is 5.52. The molecule has 0 amide bonds. The van der Waals surface area contributed by atoms with E-state index < -0.39 is 23.8 Å². The maximum absolute atomic E-state index is 12.8. The van der Waals surface area contributed by atoms with Crippen LogP contribution in [0.1, 0.15) is 16.7 Å². The van der Waals surface area contributed by atoms with E-state index in [2.05, 4.69) is 21.3 Å². The number of aliphatic carboxylic acids is 1. The summed E-state index contributed by atoms with van der Waals surface area (Å²) in [5.41, 5.74) is 2.05. The summed E-state index contributed by atoms with van der Waals surface area (Å²) in [5, 5.41) is 25.8. The molecule has 1 aliphatic rings. The van der Waals surface area contributed by atoms with E-state index in [1.807, 2.05) is 4.90 Å². The molecule has 0 bridgehead atoms. The van der Waals surface area contributed by atoms with Crippen LogP contribution in [0, 0.1) is 11.3 Å². The van der Waals surface area contributed by atoms with Gasteiger partial charge in [0.05, 0.1) is 22.9 Å². The minimum atomic E-state index is -4.51. The van der Waals surface area contributed by atoms with Crippen molar-refractivity contribution in [2.45, 2.75) is 18.8 Å². The summed E-state index contributed by atoms with van der Waals surface area (Å²) >= 11 is 0. The molecule has 1 aromatic carbocycles. The number of H-pyrrole nitrogens is 1. The molecule has 4 rings (SSSR count). The smallest absolute Gasteiger partial charge is 0.417 e. The summed E-state index contributed by atoms with van der Waals surface area (Å²) < 4.78 is 38.4. The zero-order valence-electron chi connectivity index (χ0n) is 17.3. The van der Waals surface area contributed by atoms with Gasteiger partial charge in [-0.1, -0.05) is 12.1 Å². The van der Waals surface area contributed by atoms with Crippen molar-refractivity contribution in [3.8, 4) is 17.3 Å². The number of benzene rings is 1. The van der Waals surface area contributed by atoms with Gasteiger partial charge in [-0.15, -0.1) is 0 Å². The van der Waals surface area contributed by atoms with Crippen LogP contribution in [0.25, 0.3) is 11.3 Å². The first kappa shape index (κ1) is 22.3. The lowest BCUT2D eigenvalue weighted by atomic mass is 10.1. The minimum absolute atomic E-state index is 0.163. The number of pyridine rings is 1. The number of hydrogen-bond donors (Lipinski definition) is 2. The number of piperazine rings is 1. The Balaban J connectivity index is 1.49. The van der Waals surface area contributed by atoms with Gasteiger partial charge in [-0.05, 0) is 24.3 Å². The van der Waals surface area contributed by atoms with Crippen molar-refractivity contribution in [3.63, 3.8) is 0 Å². The zero-order chi connectivity index (χ0) is 23.6. The zero-order valence-corrected chi connectivity index (χ0v) is 17.3. The van der Waals surface area contributed by atoms with Crippen LogP contribution in [0.15, 0.2) is 48.8 Å². The minimum Gasteiger partial charge on any atom is -0.480 e. The van der Waals surface area contributed by atoms with Crippen LogP contribution in [-0.4, -0.2) is 56.8 Å². The van der Waals surface area contributed by atoms with Crippen LogP contribution in [0.4, 0.5) is 19.0 Å². The Morgan fingerprint density at radius 2 is 1.97 bits per heavy atom. The molecule has 1 aliphatic heterocycles. The number of nitrogens with one attached hydrogen (secondary N) is 1. The van der Waals surface area contributed by atoms with Crippen molar-refractivity contribution in [2.24, 2.45) is 0 Å². The predicted molar refractivity (Wildman–Crippen MR) is 112 cm³/mol. The number of aromatic nitrogens is 3. The molecule has 0 saturated carbocycles. The summed E-state index contributed by atoms with van der Waals surface area (Å²) in [6.45, 7) is 1.38. The fraction of sp³-hybridized carbons (Fsp3) is 0.273. The molecule has 2 N–H and O–H groups in total. The van der Waals surface area contributed by atoms with Gasteiger partial charge in [0.15, 0.2) is 0 Å². The van der Waals surface area contributed by atoms with Gasteiger partial charge in [0.1, 0.15) is 11.9 Å². The summed E-state index contributed by atoms with van der Waals surface area (Å²) in [6.07, 6.45) is -2.04. The second-order valence-corrected chi connectivity index (χ2v) is 7.63. The molecule has 0 radical (unpaired) electrons. The topological polar surface area (TPSA) is 109 Å². The van der Waals surface area contributed by atoms with Crippen LogP contribution in [0.2, 0.25) is 0 Å². The highest BCUT2D eigenvalue weighted by Crippen LogP contribution is 2.30. The monoisotopic (exact) mass is 456 g/mol. The number of carbonyl (C=O) groups is 1. The fourth-order valence-electron chi connectivity index (χ4n) is 3.82. The second kappa shape index (κ2) is 8.91. The summed E-state index contributed by atoms with van der Waals surface area (Å²) in [4.78, 5) is 19.3. The molecule has 2 aromatic heterocycles. The number of anilines is 1. The van der Waals surface area contributed by atoms with Crippen molar-refractivity contribution < 1.29 is 23.1 Å². The van der Waals surface area contributed by atoms with Gasteiger partial charge in [-0.2, -0.15) is 23.5 Å². The average Bonchev–Trinajstić information content (AvgIpc) is 3.26. The van der Waals surface area contributed by atoms with E-state index in [0.717, 1.165) is 23.4 Å². The molecule has 3 aromatic rings. The third-order valence-electron chi connectivity index (χ3n) is 5.52. The van der Waals surface area contributed by atoms with Gasteiger partial charge in [0, 0.05) is 49.7 Å². The van der Waals surface area contributed by atoms with Crippen molar-refractivity contribution in [1.82, 2.24) is 20.1 Å². The first-order valence-electron chi connectivity index (χ1n) is 10.0. The number of halogens is 3. The Hall–Kier alpha value is -3.91. The SMILES string of the molecule is N#Cc1ccc(-c2n[nH]cc2CN2CCN(c3ccc(C(F)(F)F)cn3)C(C(=O)O)C2)cc1. The van der Waals surface area contributed by atoms with E-state index in [4.69, 9.17) is 5.26 Å². The molecule has 0 spiro atoms. The lowest BCUT2D eigenvalue weighted by molar-refractivity contribution is -0.140. The third kappa shape index (κ3) is 4.80. The largest absolute Gasteiger partial charge is 0.480 e. The number of alkyl halides is 3. The predicted octanol–water partition coefficient (Wildman–Crippen LogP) is 3.14. The van der Waals surface area contributed by atoms with E-state index in [1.165, 1.54) is 11.0 Å². The van der Waals surface area contributed by atoms with Crippen LogP contribution in [0.5, 0.6) is 0 Å². The number of aromatic amines is 1. The van der Waals surface area contributed by atoms with E-state index in [9.17, 15) is 23.1 Å². The molecule has 1 fully saturated rings. The van der Waals surface area contributed by atoms with Crippen LogP contribution >= 0.6 is 0 Å². The summed E-state index contributed by atoms with van der Waals surface area (Å²) in [5.74, 6) is -0.891. The molecular weight excluding hydrogens is 437 g/mol. The molecular formula is C22H19F3N6O2.